The van der Waals surface area contributed by atoms with E-state index in [-0.39, 0.29) is 12.4 Å². The highest BCUT2D eigenvalue weighted by molar-refractivity contribution is 7.13. The van der Waals surface area contributed by atoms with E-state index < -0.39 is 0 Å². The molecule has 0 aliphatic carbocycles. The van der Waals surface area contributed by atoms with Crippen molar-refractivity contribution in [3.05, 3.63) is 24.3 Å². The van der Waals surface area contributed by atoms with Crippen molar-refractivity contribution in [1.29, 1.82) is 0 Å². The normalized spacial score (nSPS) is 19.2. The van der Waals surface area contributed by atoms with Gasteiger partial charge in [-0.2, -0.15) is 4.37 Å². The molecule has 3 nitrogen and oxygen atoms in total. The lowest BCUT2D eigenvalue weighted by molar-refractivity contribution is 0.615. The predicted octanol–water partition coefficient (Wildman–Crippen LogP) is 2.74. The van der Waals surface area contributed by atoms with Crippen LogP contribution in [0.2, 0.25) is 0 Å². The van der Waals surface area contributed by atoms with Crippen molar-refractivity contribution in [2.45, 2.75) is 6.42 Å². The van der Waals surface area contributed by atoms with Gasteiger partial charge in [-0.25, -0.2) is 0 Å². The molecular formula is C12H16ClN3S. The Balaban J connectivity index is 0.00000108. The lowest BCUT2D eigenvalue weighted by Gasteiger charge is -2.09. The Hall–Kier alpha value is -0.840. The van der Waals surface area contributed by atoms with Gasteiger partial charge < -0.3 is 10.6 Å². The highest BCUT2D eigenvalue weighted by Crippen LogP contribution is 2.26. The molecule has 5 heteroatoms. The van der Waals surface area contributed by atoms with E-state index in [4.69, 9.17) is 0 Å². The second-order valence-electron chi connectivity index (χ2n) is 4.27. The van der Waals surface area contributed by atoms with Gasteiger partial charge in [0.15, 0.2) is 0 Å². The van der Waals surface area contributed by atoms with Crippen LogP contribution in [0.4, 0.5) is 5.82 Å². The molecule has 2 aromatic rings. The van der Waals surface area contributed by atoms with Gasteiger partial charge in [-0.15, -0.1) is 12.4 Å². The van der Waals surface area contributed by atoms with Crippen LogP contribution in [0.15, 0.2) is 24.3 Å². The van der Waals surface area contributed by atoms with Crippen LogP contribution >= 0.6 is 23.9 Å². The number of anilines is 1. The predicted molar refractivity (Wildman–Crippen MR) is 76.3 cm³/mol. The molecule has 1 fully saturated rings. The molecule has 1 aliphatic heterocycles. The Bertz CT molecular complexity index is 479. The largest absolute Gasteiger partial charge is 0.368 e. The minimum absolute atomic E-state index is 0. The van der Waals surface area contributed by atoms with Crippen LogP contribution in [0.5, 0.6) is 0 Å². The topological polar surface area (TPSA) is 37.0 Å². The zero-order chi connectivity index (χ0) is 10.8. The third kappa shape index (κ3) is 2.70. The summed E-state index contributed by atoms with van der Waals surface area (Å²) in [5.41, 5.74) is 0. The standard InChI is InChI=1S/C12H15N3S.ClH/c1-2-4-11-10(3-1)12(15-16-11)14-8-9-5-6-13-7-9;/h1-4,9,13H,5-8H2,(H,14,15);1H. The molecule has 2 heterocycles. The van der Waals surface area contributed by atoms with Crippen LogP contribution in [-0.2, 0) is 0 Å². The van der Waals surface area contributed by atoms with Gasteiger partial charge in [0.1, 0.15) is 5.82 Å². The number of fused-ring (bicyclic) bond motifs is 1. The summed E-state index contributed by atoms with van der Waals surface area (Å²) in [4.78, 5) is 0. The van der Waals surface area contributed by atoms with Gasteiger partial charge in [0.2, 0.25) is 0 Å². The first-order valence-corrected chi connectivity index (χ1v) is 6.50. The van der Waals surface area contributed by atoms with Crippen molar-refractivity contribution in [2.24, 2.45) is 5.92 Å². The Kier molecular flexibility index (Phi) is 4.20. The van der Waals surface area contributed by atoms with Gasteiger partial charge in [0, 0.05) is 11.9 Å². The SMILES string of the molecule is Cl.c1ccc2c(NCC3CCNC3)nsc2c1. The number of benzene rings is 1. The minimum atomic E-state index is 0. The van der Waals surface area contributed by atoms with Crippen LogP contribution in [-0.4, -0.2) is 24.0 Å². The summed E-state index contributed by atoms with van der Waals surface area (Å²) in [7, 11) is 0. The van der Waals surface area contributed by atoms with E-state index in [9.17, 15) is 0 Å². The maximum Gasteiger partial charge on any atom is 0.147 e. The van der Waals surface area contributed by atoms with Gasteiger partial charge in [-0.3, -0.25) is 0 Å². The van der Waals surface area contributed by atoms with Crippen LogP contribution < -0.4 is 10.6 Å². The summed E-state index contributed by atoms with van der Waals surface area (Å²) in [6.45, 7) is 3.32. The lowest BCUT2D eigenvalue weighted by Crippen LogP contribution is -2.17. The fourth-order valence-electron chi connectivity index (χ4n) is 2.14. The lowest BCUT2D eigenvalue weighted by atomic mass is 10.1. The van der Waals surface area contributed by atoms with Crippen molar-refractivity contribution < 1.29 is 0 Å². The van der Waals surface area contributed by atoms with Crippen LogP contribution in [0.3, 0.4) is 0 Å². The number of halogens is 1. The zero-order valence-corrected chi connectivity index (χ0v) is 11.1. The molecule has 1 atom stereocenters. The molecule has 0 spiro atoms. The van der Waals surface area contributed by atoms with Crippen molar-refractivity contribution >= 4 is 39.8 Å². The third-order valence-corrected chi connectivity index (χ3v) is 3.92. The maximum absolute atomic E-state index is 4.47. The molecule has 1 saturated heterocycles. The van der Waals surface area contributed by atoms with E-state index in [0.717, 1.165) is 31.4 Å². The van der Waals surface area contributed by atoms with E-state index in [2.05, 4.69) is 39.3 Å². The molecule has 92 valence electrons. The Morgan fingerprint density at radius 3 is 3.12 bits per heavy atom. The van der Waals surface area contributed by atoms with Gasteiger partial charge in [0.25, 0.3) is 0 Å². The van der Waals surface area contributed by atoms with Gasteiger partial charge in [-0.05, 0) is 49.1 Å². The molecule has 0 bridgehead atoms. The maximum atomic E-state index is 4.47. The van der Waals surface area contributed by atoms with Crippen LogP contribution in [0, 0.1) is 5.92 Å². The van der Waals surface area contributed by atoms with Crippen LogP contribution in [0.1, 0.15) is 6.42 Å². The van der Waals surface area contributed by atoms with Gasteiger partial charge in [0.05, 0.1) is 4.70 Å². The second-order valence-corrected chi connectivity index (χ2v) is 5.07. The molecular weight excluding hydrogens is 254 g/mol. The second kappa shape index (κ2) is 5.67. The van der Waals surface area contributed by atoms with Crippen molar-refractivity contribution in [2.75, 3.05) is 25.0 Å². The van der Waals surface area contributed by atoms with E-state index in [1.54, 1.807) is 11.5 Å². The first kappa shape index (κ1) is 12.6. The average Bonchev–Trinajstić information content (AvgIpc) is 2.96. The monoisotopic (exact) mass is 269 g/mol. The highest BCUT2D eigenvalue weighted by atomic mass is 35.5. The number of rotatable bonds is 3. The van der Waals surface area contributed by atoms with Crippen molar-refractivity contribution in [3.63, 3.8) is 0 Å². The summed E-state index contributed by atoms with van der Waals surface area (Å²) in [5.74, 6) is 1.80. The first-order valence-electron chi connectivity index (χ1n) is 5.72. The van der Waals surface area contributed by atoms with E-state index in [0.29, 0.717) is 0 Å². The smallest absolute Gasteiger partial charge is 0.147 e. The highest BCUT2D eigenvalue weighted by Gasteiger charge is 2.14. The molecule has 0 saturated carbocycles. The molecule has 1 aromatic heterocycles. The quantitative estimate of drug-likeness (QED) is 0.900. The summed E-state index contributed by atoms with van der Waals surface area (Å²) in [6.07, 6.45) is 1.27. The number of nitrogens with zero attached hydrogens (tertiary/aromatic N) is 1. The Morgan fingerprint density at radius 2 is 2.29 bits per heavy atom. The minimum Gasteiger partial charge on any atom is -0.368 e. The summed E-state index contributed by atoms with van der Waals surface area (Å²) in [6, 6.07) is 8.38. The first-order chi connectivity index (χ1) is 7.93. The van der Waals surface area contributed by atoms with E-state index >= 15 is 0 Å². The number of nitrogens with one attached hydrogen (secondary N) is 2. The summed E-state index contributed by atoms with van der Waals surface area (Å²) in [5, 5.41) is 8.10. The molecule has 17 heavy (non-hydrogen) atoms. The fraction of sp³-hybridized carbons (Fsp3) is 0.417. The molecule has 1 aromatic carbocycles. The van der Waals surface area contributed by atoms with E-state index in [1.165, 1.54) is 16.5 Å². The third-order valence-electron chi connectivity index (χ3n) is 3.10. The van der Waals surface area contributed by atoms with E-state index in [1.807, 2.05) is 0 Å². The van der Waals surface area contributed by atoms with Crippen molar-refractivity contribution in [3.8, 4) is 0 Å². The molecule has 1 aliphatic rings. The molecule has 3 rings (SSSR count). The molecule has 0 radical (unpaired) electrons. The fourth-order valence-corrected chi connectivity index (χ4v) is 2.90. The van der Waals surface area contributed by atoms with Gasteiger partial charge >= 0.3 is 0 Å². The average molecular weight is 270 g/mol. The molecule has 1 unspecified atom stereocenters. The van der Waals surface area contributed by atoms with Crippen molar-refractivity contribution in [1.82, 2.24) is 9.69 Å². The zero-order valence-electron chi connectivity index (χ0n) is 9.48. The molecule has 0 amide bonds. The van der Waals surface area contributed by atoms with Gasteiger partial charge in [-0.1, -0.05) is 12.1 Å². The number of hydrogen-bond acceptors (Lipinski definition) is 4. The Morgan fingerprint density at radius 1 is 1.41 bits per heavy atom. The number of hydrogen-bond donors (Lipinski definition) is 2. The summed E-state index contributed by atoms with van der Waals surface area (Å²) >= 11 is 1.57. The number of aromatic nitrogens is 1. The van der Waals surface area contributed by atoms with Crippen LogP contribution in [0.25, 0.3) is 10.1 Å². The molecule has 2 N–H and O–H groups in total. The Labute approximate surface area is 111 Å². The summed E-state index contributed by atoms with van der Waals surface area (Å²) < 4.78 is 5.73.